The van der Waals surface area contributed by atoms with Gasteiger partial charge in [0.05, 0.1) is 5.75 Å². The number of hydrogen-bond donors (Lipinski definition) is 1. The second kappa shape index (κ2) is 8.26. The minimum Gasteiger partial charge on any atom is -0.322 e. The maximum Gasteiger partial charge on any atom is 0.330 e. The quantitative estimate of drug-likeness (QED) is 0.572. The third kappa shape index (κ3) is 3.66. The van der Waals surface area contributed by atoms with E-state index < -0.39 is 0 Å². The van der Waals surface area contributed by atoms with Crippen molar-refractivity contribution in [2.24, 2.45) is 0 Å². The zero-order valence-corrected chi connectivity index (χ0v) is 17.2. The zero-order chi connectivity index (χ0) is 18.7. The van der Waals surface area contributed by atoms with Crippen LogP contribution in [-0.4, -0.2) is 19.1 Å². The monoisotopic (exact) mass is 436 g/mol. The van der Waals surface area contributed by atoms with Gasteiger partial charge in [-0.1, -0.05) is 25.5 Å². The van der Waals surface area contributed by atoms with Crippen LogP contribution in [0, 0.1) is 0 Å². The van der Waals surface area contributed by atoms with Crippen LogP contribution in [0.25, 0.3) is 11.2 Å². The molecule has 0 fully saturated rings. The van der Waals surface area contributed by atoms with Crippen LogP contribution in [0.4, 0.5) is 0 Å². The van der Waals surface area contributed by atoms with Gasteiger partial charge in [0.15, 0.2) is 11.2 Å². The van der Waals surface area contributed by atoms with Crippen molar-refractivity contribution in [2.45, 2.75) is 50.4 Å². The standard InChI is InChI=1S/C18H21BrN4O2S/c1-3-5-10-23-16-15(17(24)21-18(23)25)22(4-2)14(20-16)11-26-13-9-7-6-8-12(13)19/h6-9H,3-5,10-11H2,1-2H3,(H,21,24,25). The van der Waals surface area contributed by atoms with E-state index in [1.165, 1.54) is 0 Å². The average Bonchev–Trinajstić information content (AvgIpc) is 2.99. The first-order chi connectivity index (χ1) is 12.6. The normalized spacial score (nSPS) is 11.3. The molecule has 2 heterocycles. The topological polar surface area (TPSA) is 72.7 Å². The van der Waals surface area contributed by atoms with Gasteiger partial charge in [0.2, 0.25) is 0 Å². The number of aromatic amines is 1. The van der Waals surface area contributed by atoms with Gasteiger partial charge in [-0.25, -0.2) is 9.78 Å². The lowest BCUT2D eigenvalue weighted by Gasteiger charge is -2.07. The molecule has 3 aromatic rings. The van der Waals surface area contributed by atoms with E-state index in [9.17, 15) is 9.59 Å². The summed E-state index contributed by atoms with van der Waals surface area (Å²) in [5.41, 5.74) is 0.202. The minimum atomic E-state index is -0.387. The van der Waals surface area contributed by atoms with E-state index in [1.54, 1.807) is 16.3 Å². The second-order valence-electron chi connectivity index (χ2n) is 5.93. The fourth-order valence-electron chi connectivity index (χ4n) is 2.90. The number of aromatic nitrogens is 4. The van der Waals surface area contributed by atoms with Crippen molar-refractivity contribution in [3.8, 4) is 0 Å². The van der Waals surface area contributed by atoms with Gasteiger partial charge in [0.1, 0.15) is 5.82 Å². The first-order valence-corrected chi connectivity index (χ1v) is 10.4. The van der Waals surface area contributed by atoms with Gasteiger partial charge in [-0.3, -0.25) is 14.3 Å². The number of fused-ring (bicyclic) bond motifs is 1. The maximum absolute atomic E-state index is 12.4. The summed E-state index contributed by atoms with van der Waals surface area (Å²) < 4.78 is 4.51. The number of nitrogens with zero attached hydrogens (tertiary/aromatic N) is 3. The summed E-state index contributed by atoms with van der Waals surface area (Å²) >= 11 is 5.20. The molecule has 138 valence electrons. The van der Waals surface area contributed by atoms with Gasteiger partial charge in [0, 0.05) is 22.5 Å². The van der Waals surface area contributed by atoms with Gasteiger partial charge < -0.3 is 4.57 Å². The number of hydrogen-bond acceptors (Lipinski definition) is 4. The molecule has 3 rings (SSSR count). The molecule has 26 heavy (non-hydrogen) atoms. The summed E-state index contributed by atoms with van der Waals surface area (Å²) in [6.07, 6.45) is 1.83. The first-order valence-electron chi connectivity index (χ1n) is 8.66. The van der Waals surface area contributed by atoms with Crippen LogP contribution in [0.1, 0.15) is 32.5 Å². The Labute approximate surface area is 163 Å². The van der Waals surface area contributed by atoms with Crippen LogP contribution in [0.2, 0.25) is 0 Å². The van der Waals surface area contributed by atoms with Crippen LogP contribution in [0.15, 0.2) is 43.2 Å². The van der Waals surface area contributed by atoms with E-state index in [1.807, 2.05) is 35.8 Å². The van der Waals surface area contributed by atoms with Crippen molar-refractivity contribution >= 4 is 38.9 Å². The average molecular weight is 437 g/mol. The Hall–Kier alpha value is -1.80. The summed E-state index contributed by atoms with van der Waals surface area (Å²) in [6, 6.07) is 8.00. The molecule has 1 N–H and O–H groups in total. The molecule has 2 aromatic heterocycles. The molecule has 0 atom stereocenters. The largest absolute Gasteiger partial charge is 0.330 e. The van der Waals surface area contributed by atoms with Crippen LogP contribution in [-0.2, 0) is 18.8 Å². The zero-order valence-electron chi connectivity index (χ0n) is 14.8. The van der Waals surface area contributed by atoms with Crippen LogP contribution < -0.4 is 11.2 Å². The lowest BCUT2D eigenvalue weighted by Crippen LogP contribution is -2.31. The third-order valence-corrected chi connectivity index (χ3v) is 6.23. The molecule has 0 spiro atoms. The first kappa shape index (κ1) is 19.0. The molecule has 8 heteroatoms. The molecule has 1 aromatic carbocycles. The second-order valence-corrected chi connectivity index (χ2v) is 7.80. The summed E-state index contributed by atoms with van der Waals surface area (Å²) in [5, 5.41) is 0. The third-order valence-electron chi connectivity index (χ3n) is 4.21. The van der Waals surface area contributed by atoms with E-state index in [4.69, 9.17) is 0 Å². The molecule has 0 aliphatic rings. The number of unbranched alkanes of at least 4 members (excludes halogenated alkanes) is 1. The van der Waals surface area contributed by atoms with Crippen molar-refractivity contribution in [2.75, 3.05) is 0 Å². The lowest BCUT2D eigenvalue weighted by molar-refractivity contribution is 0.613. The highest BCUT2D eigenvalue weighted by Crippen LogP contribution is 2.30. The molecule has 0 saturated heterocycles. The maximum atomic E-state index is 12.4. The molecule has 0 aliphatic heterocycles. The number of rotatable bonds is 7. The number of H-pyrrole nitrogens is 1. The molecule has 0 amide bonds. The Morgan fingerprint density at radius 3 is 2.65 bits per heavy atom. The predicted molar refractivity (Wildman–Crippen MR) is 109 cm³/mol. The van der Waals surface area contributed by atoms with Crippen molar-refractivity contribution in [1.82, 2.24) is 19.1 Å². The summed E-state index contributed by atoms with van der Waals surface area (Å²) in [6.45, 7) is 5.23. The lowest BCUT2D eigenvalue weighted by atomic mass is 10.3. The van der Waals surface area contributed by atoms with Crippen molar-refractivity contribution < 1.29 is 0 Å². The van der Waals surface area contributed by atoms with Crippen molar-refractivity contribution in [3.05, 3.63) is 55.4 Å². The summed E-state index contributed by atoms with van der Waals surface area (Å²) in [7, 11) is 0. The van der Waals surface area contributed by atoms with Crippen molar-refractivity contribution in [1.29, 1.82) is 0 Å². The van der Waals surface area contributed by atoms with Gasteiger partial charge >= 0.3 is 5.69 Å². The Morgan fingerprint density at radius 1 is 1.19 bits per heavy atom. The minimum absolute atomic E-state index is 0.371. The van der Waals surface area contributed by atoms with Crippen LogP contribution in [0.5, 0.6) is 0 Å². The molecule has 6 nitrogen and oxygen atoms in total. The van der Waals surface area contributed by atoms with Gasteiger partial charge in [0.25, 0.3) is 5.56 Å². The SMILES string of the molecule is CCCCn1c(=O)[nH]c(=O)c2c1nc(CSc1ccccc1Br)n2CC. The van der Waals surface area contributed by atoms with E-state index >= 15 is 0 Å². The highest BCUT2D eigenvalue weighted by Gasteiger charge is 2.17. The van der Waals surface area contributed by atoms with E-state index in [2.05, 4.69) is 32.8 Å². The molecule has 0 radical (unpaired) electrons. The van der Waals surface area contributed by atoms with Gasteiger partial charge in [-0.05, 0) is 41.4 Å². The smallest absolute Gasteiger partial charge is 0.322 e. The number of nitrogens with one attached hydrogen (secondary N) is 1. The fraction of sp³-hybridized carbons (Fsp3) is 0.389. The number of halogens is 1. The van der Waals surface area contributed by atoms with E-state index in [0.717, 1.165) is 28.0 Å². The number of benzene rings is 1. The molecule has 0 saturated carbocycles. The highest BCUT2D eigenvalue weighted by molar-refractivity contribution is 9.10. The Morgan fingerprint density at radius 2 is 1.96 bits per heavy atom. The molecule has 0 bridgehead atoms. The Bertz CT molecular complexity index is 1040. The van der Waals surface area contributed by atoms with Crippen LogP contribution in [0.3, 0.4) is 0 Å². The molecular weight excluding hydrogens is 416 g/mol. The summed E-state index contributed by atoms with van der Waals surface area (Å²) in [4.78, 5) is 32.9. The van der Waals surface area contributed by atoms with E-state index in [0.29, 0.717) is 30.0 Å². The van der Waals surface area contributed by atoms with Crippen LogP contribution >= 0.6 is 27.7 Å². The Kier molecular flexibility index (Phi) is 6.03. The summed E-state index contributed by atoms with van der Waals surface area (Å²) in [5.74, 6) is 1.41. The van der Waals surface area contributed by atoms with Gasteiger partial charge in [-0.15, -0.1) is 11.8 Å². The van der Waals surface area contributed by atoms with Gasteiger partial charge in [-0.2, -0.15) is 0 Å². The number of imidazole rings is 1. The molecular formula is C18H21BrN4O2S. The highest BCUT2D eigenvalue weighted by atomic mass is 79.9. The fourth-order valence-corrected chi connectivity index (χ4v) is 4.41. The predicted octanol–water partition coefficient (Wildman–Crippen LogP) is 3.76. The molecule has 0 unspecified atom stereocenters. The number of thioether (sulfide) groups is 1. The van der Waals surface area contributed by atoms with Crippen molar-refractivity contribution in [3.63, 3.8) is 0 Å². The van der Waals surface area contributed by atoms with E-state index in [-0.39, 0.29) is 11.2 Å². The molecule has 0 aliphatic carbocycles. The Balaban J connectivity index is 2.05. The number of aryl methyl sites for hydroxylation is 2.